The number of carbonyl (C=O) groups excluding carboxylic acids is 1. The van der Waals surface area contributed by atoms with Crippen LogP contribution in [0.1, 0.15) is 5.56 Å². The predicted molar refractivity (Wildman–Crippen MR) is 148 cm³/mol. The first-order valence-electron chi connectivity index (χ1n) is 12.5. The van der Waals surface area contributed by atoms with Crippen LogP contribution < -0.4 is 15.8 Å². The Kier molecular flexibility index (Phi) is 6.38. The fraction of sp³-hybridized carbons (Fsp3) is 0.179. The fourth-order valence-corrected chi connectivity index (χ4v) is 5.14. The number of hydrogen-bond acceptors (Lipinski definition) is 4. The third-order valence-electron chi connectivity index (χ3n) is 6.94. The first kappa shape index (κ1) is 25.8. The third kappa shape index (κ3) is 4.84. The number of nitrogens with one attached hydrogen (secondary N) is 3. The largest absolute Gasteiger partial charge is 0.417 e. The monoisotopic (exact) mass is 566 g/mol. The van der Waals surface area contributed by atoms with Gasteiger partial charge < -0.3 is 25.1 Å². The van der Waals surface area contributed by atoms with Gasteiger partial charge in [-0.3, -0.25) is 4.79 Å². The number of piperazine rings is 1. The highest BCUT2D eigenvalue weighted by molar-refractivity contribution is 6.31. The molecule has 2 amide bonds. The Morgan fingerprint density at radius 3 is 2.50 bits per heavy atom. The van der Waals surface area contributed by atoms with E-state index in [1.165, 1.54) is 6.07 Å². The summed E-state index contributed by atoms with van der Waals surface area (Å²) >= 11 is 5.67. The number of H-pyrrole nitrogens is 2. The molecule has 0 spiro atoms. The van der Waals surface area contributed by atoms with E-state index in [-0.39, 0.29) is 11.2 Å². The smallest absolute Gasteiger partial charge is 0.368 e. The molecule has 2 aliphatic heterocycles. The molecule has 1 aromatic heterocycles. The summed E-state index contributed by atoms with van der Waals surface area (Å²) in [5, 5.41) is 2.11. The van der Waals surface area contributed by atoms with Crippen LogP contribution in [0.2, 0.25) is 5.02 Å². The topological polar surface area (TPSA) is 97.1 Å². The van der Waals surface area contributed by atoms with Gasteiger partial charge in [0, 0.05) is 48.8 Å². The van der Waals surface area contributed by atoms with Crippen molar-refractivity contribution in [2.45, 2.75) is 6.18 Å². The van der Waals surface area contributed by atoms with Crippen molar-refractivity contribution in [3.05, 3.63) is 87.7 Å². The molecule has 0 atom stereocenters. The highest BCUT2D eigenvalue weighted by Gasteiger charge is 2.33. The summed E-state index contributed by atoms with van der Waals surface area (Å²) in [6.45, 7) is 1.81. The SMILES string of the molecule is O=C(Nc1ccc(Cl)c(C(F)(F)F)c1)N1CCN(c2ccc3nc(-c4c5cccccc-5[nH]c4=O)[nH]c3c2)CC1. The van der Waals surface area contributed by atoms with Crippen LogP contribution in [0, 0.1) is 0 Å². The van der Waals surface area contributed by atoms with Crippen molar-refractivity contribution in [3.63, 3.8) is 0 Å². The van der Waals surface area contributed by atoms with E-state index >= 15 is 0 Å². The molecule has 2 aromatic carbocycles. The lowest BCUT2D eigenvalue weighted by Gasteiger charge is -2.36. The summed E-state index contributed by atoms with van der Waals surface area (Å²) in [6.07, 6.45) is -4.62. The zero-order valence-corrected chi connectivity index (χ0v) is 21.6. The number of imidazole rings is 1. The number of rotatable bonds is 3. The van der Waals surface area contributed by atoms with E-state index in [2.05, 4.69) is 25.2 Å². The average molecular weight is 567 g/mol. The summed E-state index contributed by atoms with van der Waals surface area (Å²) in [6, 6.07) is 17.9. The summed E-state index contributed by atoms with van der Waals surface area (Å²) in [7, 11) is 0. The molecule has 8 nitrogen and oxygen atoms in total. The standard InChI is InChI=1S/C28H22ClF3N6O2/c29-20-8-6-16(14-19(20)28(30,31)32)33-27(40)38-12-10-37(11-13-38)17-7-9-22-23(15-17)35-25(34-22)24-18-4-2-1-3-5-21(18)36-26(24)39/h1-9,14-15H,10-13H2,(H,33,40)(H,34,35)(H,36,39). The van der Waals surface area contributed by atoms with Crippen molar-refractivity contribution in [1.29, 1.82) is 0 Å². The van der Waals surface area contributed by atoms with E-state index in [0.717, 1.165) is 34.6 Å². The van der Waals surface area contributed by atoms with Crippen LogP contribution in [0.25, 0.3) is 33.7 Å². The van der Waals surface area contributed by atoms with Gasteiger partial charge in [0.15, 0.2) is 0 Å². The van der Waals surface area contributed by atoms with E-state index in [4.69, 9.17) is 11.6 Å². The van der Waals surface area contributed by atoms with Gasteiger partial charge >= 0.3 is 12.2 Å². The van der Waals surface area contributed by atoms with E-state index in [1.54, 1.807) is 4.90 Å². The second-order valence-corrected chi connectivity index (χ2v) is 9.86. The molecule has 1 saturated heterocycles. The molecule has 0 bridgehead atoms. The predicted octanol–water partition coefficient (Wildman–Crippen LogP) is 6.05. The molecule has 0 saturated carbocycles. The molecule has 3 N–H and O–H groups in total. The Bertz CT molecular complexity index is 1760. The minimum absolute atomic E-state index is 0.0230. The molecule has 40 heavy (non-hydrogen) atoms. The number of halogens is 4. The highest BCUT2D eigenvalue weighted by atomic mass is 35.5. The third-order valence-corrected chi connectivity index (χ3v) is 7.27. The highest BCUT2D eigenvalue weighted by Crippen LogP contribution is 2.36. The Morgan fingerprint density at radius 1 is 0.950 bits per heavy atom. The number of alkyl halides is 3. The van der Waals surface area contributed by atoms with Crippen molar-refractivity contribution < 1.29 is 18.0 Å². The molecule has 0 unspecified atom stereocenters. The molecule has 6 rings (SSSR count). The van der Waals surface area contributed by atoms with Gasteiger partial charge in [0.2, 0.25) is 0 Å². The number of benzene rings is 2. The van der Waals surface area contributed by atoms with E-state index < -0.39 is 22.8 Å². The zero-order valence-electron chi connectivity index (χ0n) is 20.8. The minimum atomic E-state index is -4.62. The second kappa shape index (κ2) is 9.91. The average Bonchev–Trinajstić information content (AvgIpc) is 3.39. The minimum Gasteiger partial charge on any atom is -0.368 e. The molecule has 0 radical (unpaired) electrons. The molecule has 1 fully saturated rings. The maximum atomic E-state index is 13.2. The molecular formula is C28H22ClF3N6O2. The molecule has 3 aliphatic rings. The lowest BCUT2D eigenvalue weighted by atomic mass is 10.1. The number of anilines is 2. The van der Waals surface area contributed by atoms with Gasteiger partial charge in [-0.05, 0) is 42.5 Å². The van der Waals surface area contributed by atoms with Crippen LogP contribution in [-0.2, 0) is 6.18 Å². The number of urea groups is 1. The van der Waals surface area contributed by atoms with Crippen LogP contribution in [-0.4, -0.2) is 52.1 Å². The Labute approximate surface area is 230 Å². The number of hydrogen-bond donors (Lipinski definition) is 3. The number of aromatic nitrogens is 3. The molecule has 12 heteroatoms. The maximum Gasteiger partial charge on any atom is 0.417 e. The molecular weight excluding hydrogens is 545 g/mol. The van der Waals surface area contributed by atoms with Crippen molar-refractivity contribution in [2.24, 2.45) is 0 Å². The Morgan fingerprint density at radius 2 is 1.73 bits per heavy atom. The summed E-state index contributed by atoms with van der Waals surface area (Å²) in [5.74, 6) is 0.479. The zero-order chi connectivity index (χ0) is 28.0. The van der Waals surface area contributed by atoms with Gasteiger partial charge in [-0.15, -0.1) is 0 Å². The van der Waals surface area contributed by atoms with Crippen molar-refractivity contribution >= 4 is 40.0 Å². The van der Waals surface area contributed by atoms with Crippen molar-refractivity contribution in [2.75, 3.05) is 36.4 Å². The van der Waals surface area contributed by atoms with Gasteiger partial charge in [0.1, 0.15) is 5.82 Å². The van der Waals surface area contributed by atoms with Crippen LogP contribution in [0.5, 0.6) is 0 Å². The van der Waals surface area contributed by atoms with Gasteiger partial charge in [-0.25, -0.2) is 9.78 Å². The van der Waals surface area contributed by atoms with Gasteiger partial charge in [0.05, 0.1) is 27.2 Å². The maximum absolute atomic E-state index is 13.2. The van der Waals surface area contributed by atoms with Crippen LogP contribution in [0.15, 0.2) is 71.5 Å². The Balaban J connectivity index is 1.15. The first-order valence-corrected chi connectivity index (χ1v) is 12.8. The number of nitrogens with zero attached hydrogens (tertiary/aromatic N) is 3. The van der Waals surface area contributed by atoms with Crippen LogP contribution >= 0.6 is 11.6 Å². The van der Waals surface area contributed by atoms with E-state index in [9.17, 15) is 22.8 Å². The Hall–Kier alpha value is -4.51. The molecule has 3 heterocycles. The summed E-state index contributed by atoms with van der Waals surface area (Å²) < 4.78 is 39.5. The summed E-state index contributed by atoms with van der Waals surface area (Å²) in [5.41, 5.74) is 3.19. The van der Waals surface area contributed by atoms with Crippen LogP contribution in [0.4, 0.5) is 29.3 Å². The normalized spacial score (nSPS) is 14.2. The van der Waals surface area contributed by atoms with Crippen LogP contribution in [0.3, 0.4) is 0 Å². The first-order chi connectivity index (χ1) is 19.2. The lowest BCUT2D eigenvalue weighted by Crippen LogP contribution is -2.50. The molecule has 1 aliphatic carbocycles. The van der Waals surface area contributed by atoms with Crippen molar-refractivity contribution in [3.8, 4) is 22.6 Å². The quantitative estimate of drug-likeness (QED) is 0.248. The van der Waals surface area contributed by atoms with Gasteiger partial charge in [-0.1, -0.05) is 35.9 Å². The van der Waals surface area contributed by atoms with Crippen molar-refractivity contribution in [1.82, 2.24) is 19.9 Å². The number of aromatic amines is 2. The fourth-order valence-electron chi connectivity index (χ4n) is 4.92. The van der Waals surface area contributed by atoms with Gasteiger partial charge in [-0.2, -0.15) is 13.2 Å². The van der Waals surface area contributed by atoms with E-state index in [1.807, 2.05) is 48.5 Å². The summed E-state index contributed by atoms with van der Waals surface area (Å²) in [4.78, 5) is 39.9. The van der Waals surface area contributed by atoms with E-state index in [0.29, 0.717) is 43.1 Å². The number of carbonyl (C=O) groups is 1. The number of amides is 2. The molecule has 3 aromatic rings. The molecule has 204 valence electrons. The number of fused-ring (bicyclic) bond motifs is 2. The lowest BCUT2D eigenvalue weighted by molar-refractivity contribution is -0.137. The second-order valence-electron chi connectivity index (χ2n) is 9.45. The van der Waals surface area contributed by atoms with Gasteiger partial charge in [0.25, 0.3) is 5.56 Å².